The highest BCUT2D eigenvalue weighted by Crippen LogP contribution is 2.32. The van der Waals surface area contributed by atoms with Gasteiger partial charge in [-0.3, -0.25) is 4.57 Å². The van der Waals surface area contributed by atoms with Gasteiger partial charge in [0.15, 0.2) is 23.2 Å². The molecule has 2 aromatic rings. The molecule has 0 spiro atoms. The molecule has 0 bridgehead atoms. The number of terminal acetylenes is 1. The number of nitrogens with zero attached hydrogens (tertiary/aromatic N) is 4. The molecule has 1 aliphatic carbocycles. The van der Waals surface area contributed by atoms with Gasteiger partial charge in [0.25, 0.3) is 0 Å². The van der Waals surface area contributed by atoms with Crippen molar-refractivity contribution in [2.45, 2.75) is 56.0 Å². The van der Waals surface area contributed by atoms with E-state index in [9.17, 15) is 14.6 Å². The lowest BCUT2D eigenvalue weighted by Crippen LogP contribution is -2.30. The number of ether oxygens (including phenoxy) is 1. The number of aromatic nitrogens is 4. The lowest BCUT2D eigenvalue weighted by Gasteiger charge is -2.16. The summed E-state index contributed by atoms with van der Waals surface area (Å²) < 4.78 is 20.4. The third-order valence-electron chi connectivity index (χ3n) is 4.74. The zero-order valence-electron chi connectivity index (χ0n) is 13.3. The predicted octanol–water partition coefficient (Wildman–Crippen LogP) is 0.381. The van der Waals surface area contributed by atoms with Crippen LogP contribution in [0.5, 0.6) is 0 Å². The normalized spacial score (nSPS) is 35.1. The predicted molar refractivity (Wildman–Crippen MR) is 86.2 cm³/mol. The number of rotatable bonds is 3. The highest BCUT2D eigenvalue weighted by atomic mass is 19.1. The Morgan fingerprint density at radius 3 is 2.80 bits per heavy atom. The van der Waals surface area contributed by atoms with Crippen LogP contribution in [0.25, 0.3) is 11.2 Å². The van der Waals surface area contributed by atoms with Gasteiger partial charge in [-0.15, -0.1) is 6.42 Å². The van der Waals surface area contributed by atoms with Crippen LogP contribution in [0.3, 0.4) is 0 Å². The minimum Gasteiger partial charge on any atom is -0.386 e. The highest BCUT2D eigenvalue weighted by Gasteiger charge is 2.43. The van der Waals surface area contributed by atoms with Crippen LogP contribution in [0.2, 0.25) is 0 Å². The van der Waals surface area contributed by atoms with Crippen molar-refractivity contribution in [2.24, 2.45) is 0 Å². The number of halogens is 1. The molecule has 0 aromatic carbocycles. The van der Waals surface area contributed by atoms with E-state index in [1.54, 1.807) is 0 Å². The fourth-order valence-electron chi connectivity index (χ4n) is 3.42. The second kappa shape index (κ2) is 6.22. The number of fused-ring (bicyclic) bond motifs is 1. The van der Waals surface area contributed by atoms with Gasteiger partial charge in [0.05, 0.1) is 6.33 Å². The molecule has 3 heterocycles. The number of aliphatic hydroxyl groups excluding tert-OH is 2. The number of anilines is 1. The first-order chi connectivity index (χ1) is 12.1. The molecule has 8 nitrogen and oxygen atoms in total. The molecule has 0 amide bonds. The van der Waals surface area contributed by atoms with Crippen LogP contribution in [-0.2, 0) is 4.74 Å². The molecule has 6 unspecified atom stereocenters. The Balaban J connectivity index is 1.64. The Labute approximate surface area is 143 Å². The Morgan fingerprint density at radius 2 is 2.12 bits per heavy atom. The molecule has 9 heteroatoms. The maximum atomic E-state index is 13.4. The van der Waals surface area contributed by atoms with E-state index in [-0.39, 0.29) is 6.04 Å². The molecule has 2 aliphatic rings. The first kappa shape index (κ1) is 16.2. The SMILES string of the molecule is C#CC1OC(n2cnc3c(NC4CCC(F)C4)ncnc32)C(O)C1O. The van der Waals surface area contributed by atoms with Gasteiger partial charge in [-0.25, -0.2) is 19.3 Å². The van der Waals surface area contributed by atoms with E-state index in [2.05, 4.69) is 26.2 Å². The summed E-state index contributed by atoms with van der Waals surface area (Å²) in [5, 5.41) is 23.3. The van der Waals surface area contributed by atoms with Gasteiger partial charge in [-0.05, 0) is 19.3 Å². The van der Waals surface area contributed by atoms with Crippen LogP contribution < -0.4 is 5.32 Å². The maximum Gasteiger partial charge on any atom is 0.167 e. The van der Waals surface area contributed by atoms with Gasteiger partial charge in [0.1, 0.15) is 30.8 Å². The van der Waals surface area contributed by atoms with Crippen molar-refractivity contribution in [3.63, 3.8) is 0 Å². The van der Waals surface area contributed by atoms with Crippen LogP contribution in [0.4, 0.5) is 10.2 Å². The monoisotopic (exact) mass is 347 g/mol. The van der Waals surface area contributed by atoms with Crippen LogP contribution in [-0.4, -0.2) is 60.3 Å². The number of aliphatic hydroxyl groups is 2. The Morgan fingerprint density at radius 1 is 1.28 bits per heavy atom. The Kier molecular flexibility index (Phi) is 4.03. The summed E-state index contributed by atoms with van der Waals surface area (Å²) >= 11 is 0. The number of hydrogen-bond acceptors (Lipinski definition) is 7. The minimum atomic E-state index is -1.20. The lowest BCUT2D eigenvalue weighted by atomic mass is 10.1. The summed E-state index contributed by atoms with van der Waals surface area (Å²) in [7, 11) is 0. The largest absolute Gasteiger partial charge is 0.386 e. The van der Waals surface area contributed by atoms with E-state index in [1.807, 2.05) is 0 Å². The van der Waals surface area contributed by atoms with Crippen LogP contribution in [0.1, 0.15) is 25.5 Å². The van der Waals surface area contributed by atoms with Gasteiger partial charge < -0.3 is 20.3 Å². The molecule has 4 rings (SSSR count). The highest BCUT2D eigenvalue weighted by molar-refractivity contribution is 5.82. The first-order valence-electron chi connectivity index (χ1n) is 8.14. The summed E-state index contributed by atoms with van der Waals surface area (Å²) in [6.07, 6.45) is 4.84. The number of nitrogens with one attached hydrogen (secondary N) is 1. The fraction of sp³-hybridized carbons (Fsp3) is 0.562. The van der Waals surface area contributed by atoms with E-state index in [4.69, 9.17) is 11.2 Å². The van der Waals surface area contributed by atoms with Crippen LogP contribution in [0, 0.1) is 12.3 Å². The molecule has 132 valence electrons. The van der Waals surface area contributed by atoms with Crippen molar-refractivity contribution < 1.29 is 19.3 Å². The maximum absolute atomic E-state index is 13.4. The van der Waals surface area contributed by atoms with Crippen LogP contribution in [0.15, 0.2) is 12.7 Å². The minimum absolute atomic E-state index is 0.000728. The molecule has 2 fully saturated rings. The summed E-state index contributed by atoms with van der Waals surface area (Å²) in [5.41, 5.74) is 0.917. The molecule has 25 heavy (non-hydrogen) atoms. The second-order valence-corrected chi connectivity index (χ2v) is 6.39. The Hall–Kier alpha value is -2.28. The number of alkyl halides is 1. The molecule has 1 aliphatic heterocycles. The van der Waals surface area contributed by atoms with Crippen molar-refractivity contribution in [2.75, 3.05) is 5.32 Å². The molecular weight excluding hydrogens is 329 g/mol. The molecule has 2 aromatic heterocycles. The van der Waals surface area contributed by atoms with E-state index in [1.165, 1.54) is 17.2 Å². The molecule has 3 N–H and O–H groups in total. The first-order valence-corrected chi connectivity index (χ1v) is 8.14. The van der Waals surface area contributed by atoms with Gasteiger partial charge in [-0.1, -0.05) is 5.92 Å². The van der Waals surface area contributed by atoms with E-state index in [0.717, 1.165) is 6.42 Å². The lowest BCUT2D eigenvalue weighted by molar-refractivity contribution is -0.0230. The summed E-state index contributed by atoms with van der Waals surface area (Å²) in [5.74, 6) is 2.81. The smallest absolute Gasteiger partial charge is 0.167 e. The third-order valence-corrected chi connectivity index (χ3v) is 4.74. The molecule has 0 radical (unpaired) electrons. The molecule has 1 saturated carbocycles. The van der Waals surface area contributed by atoms with Crippen molar-refractivity contribution in [1.29, 1.82) is 0 Å². The summed E-state index contributed by atoms with van der Waals surface area (Å²) in [6.45, 7) is 0. The van der Waals surface area contributed by atoms with Crippen LogP contribution >= 0.6 is 0 Å². The topological polar surface area (TPSA) is 105 Å². The van der Waals surface area contributed by atoms with Crippen molar-refractivity contribution in [3.8, 4) is 12.3 Å². The average Bonchev–Trinajstić information content (AvgIpc) is 3.28. The second-order valence-electron chi connectivity index (χ2n) is 6.39. The van der Waals surface area contributed by atoms with E-state index >= 15 is 0 Å². The molecular formula is C16H18FN5O3. The zero-order valence-corrected chi connectivity index (χ0v) is 13.3. The quantitative estimate of drug-likeness (QED) is 0.690. The molecule has 1 saturated heterocycles. The van der Waals surface area contributed by atoms with E-state index < -0.39 is 30.7 Å². The van der Waals surface area contributed by atoms with Gasteiger partial charge in [-0.2, -0.15) is 0 Å². The van der Waals surface area contributed by atoms with Gasteiger partial charge in [0, 0.05) is 6.04 Å². The summed E-state index contributed by atoms with van der Waals surface area (Å²) in [4.78, 5) is 12.7. The molecule has 6 atom stereocenters. The van der Waals surface area contributed by atoms with Crippen molar-refractivity contribution in [1.82, 2.24) is 19.5 Å². The van der Waals surface area contributed by atoms with E-state index in [0.29, 0.717) is 29.8 Å². The standard InChI is InChI=1S/C16H18FN5O3/c1-2-10-12(23)13(24)16(25-10)22-7-20-11-14(18-6-19-15(11)22)21-9-4-3-8(17)5-9/h1,6-10,12-13,16,23-24H,3-5H2,(H,18,19,21). The number of hydrogen-bond donors (Lipinski definition) is 3. The van der Waals surface area contributed by atoms with Gasteiger partial charge >= 0.3 is 0 Å². The van der Waals surface area contributed by atoms with Crippen molar-refractivity contribution >= 4 is 17.0 Å². The zero-order chi connectivity index (χ0) is 17.6. The Bertz CT molecular complexity index is 822. The number of imidazole rings is 1. The average molecular weight is 347 g/mol. The fourth-order valence-corrected chi connectivity index (χ4v) is 3.42. The third kappa shape index (κ3) is 2.72. The summed E-state index contributed by atoms with van der Waals surface area (Å²) in [6, 6.07) is -0.000728. The van der Waals surface area contributed by atoms with Gasteiger partial charge in [0.2, 0.25) is 0 Å². The van der Waals surface area contributed by atoms with Crippen molar-refractivity contribution in [3.05, 3.63) is 12.7 Å².